The van der Waals surface area contributed by atoms with E-state index in [1.165, 1.54) is 0 Å². The third-order valence-corrected chi connectivity index (χ3v) is 2.73. The van der Waals surface area contributed by atoms with Crippen molar-refractivity contribution in [1.82, 2.24) is 15.5 Å². The van der Waals surface area contributed by atoms with E-state index in [0.717, 1.165) is 5.75 Å². The molecule has 0 aliphatic carbocycles. The summed E-state index contributed by atoms with van der Waals surface area (Å²) >= 11 is 0. The van der Waals surface area contributed by atoms with Gasteiger partial charge in [-0.1, -0.05) is 5.16 Å². The third-order valence-electron chi connectivity index (χ3n) is 2.73. The van der Waals surface area contributed by atoms with Crippen LogP contribution in [-0.4, -0.2) is 41.6 Å². The second-order valence-electron chi connectivity index (χ2n) is 4.50. The van der Waals surface area contributed by atoms with E-state index in [1.807, 2.05) is 0 Å². The van der Waals surface area contributed by atoms with E-state index < -0.39 is 6.10 Å². The van der Waals surface area contributed by atoms with E-state index in [2.05, 4.69) is 15.5 Å². The maximum Gasteiger partial charge on any atom is 0.223 e. The van der Waals surface area contributed by atoms with Crippen molar-refractivity contribution in [2.24, 2.45) is 0 Å². The summed E-state index contributed by atoms with van der Waals surface area (Å²) < 4.78 is 15.4. The molecule has 2 rings (SSSR count). The van der Waals surface area contributed by atoms with Crippen LogP contribution in [0.1, 0.15) is 11.7 Å². The van der Waals surface area contributed by atoms with Gasteiger partial charge in [0.15, 0.2) is 5.82 Å². The molecule has 21 heavy (non-hydrogen) atoms. The summed E-state index contributed by atoms with van der Waals surface area (Å²) in [5.41, 5.74) is 0. The highest BCUT2D eigenvalue weighted by Gasteiger charge is 2.07. The lowest BCUT2D eigenvalue weighted by Crippen LogP contribution is -2.31. The predicted octanol–water partition coefficient (Wildman–Crippen LogP) is 0.916. The molecule has 1 aromatic heterocycles. The molecule has 0 bridgehead atoms. The largest absolute Gasteiger partial charge is 0.497 e. The number of hydrogen-bond acceptors (Lipinski definition) is 7. The third kappa shape index (κ3) is 5.05. The number of benzene rings is 1. The van der Waals surface area contributed by atoms with E-state index in [1.54, 1.807) is 38.3 Å². The summed E-state index contributed by atoms with van der Waals surface area (Å²) in [6.45, 7) is 2.75. The fourth-order valence-corrected chi connectivity index (χ4v) is 1.69. The lowest BCUT2D eigenvalue weighted by atomic mass is 10.3. The predicted molar refractivity (Wildman–Crippen MR) is 75.2 cm³/mol. The van der Waals surface area contributed by atoms with Crippen LogP contribution in [0, 0.1) is 6.92 Å². The highest BCUT2D eigenvalue weighted by atomic mass is 16.5. The number of nitrogens with zero attached hydrogens (tertiary/aromatic N) is 2. The van der Waals surface area contributed by atoms with Gasteiger partial charge in [0, 0.05) is 13.5 Å². The molecule has 0 aliphatic heterocycles. The minimum atomic E-state index is -0.625. The normalized spacial score (nSPS) is 12.1. The molecule has 2 aromatic rings. The molecule has 0 saturated heterocycles. The van der Waals surface area contributed by atoms with Crippen LogP contribution >= 0.6 is 0 Å². The van der Waals surface area contributed by atoms with Crippen LogP contribution in [0.5, 0.6) is 11.5 Å². The van der Waals surface area contributed by atoms with Gasteiger partial charge in [-0.15, -0.1) is 0 Å². The van der Waals surface area contributed by atoms with Gasteiger partial charge in [0.25, 0.3) is 0 Å². The number of aliphatic hydroxyl groups excluding tert-OH is 1. The van der Waals surface area contributed by atoms with Crippen molar-refractivity contribution >= 4 is 0 Å². The number of methoxy groups -OCH3 is 1. The van der Waals surface area contributed by atoms with Crippen molar-refractivity contribution in [3.63, 3.8) is 0 Å². The van der Waals surface area contributed by atoms with Crippen LogP contribution < -0.4 is 14.8 Å². The second kappa shape index (κ2) is 7.61. The van der Waals surface area contributed by atoms with Crippen molar-refractivity contribution in [3.05, 3.63) is 36.0 Å². The van der Waals surface area contributed by atoms with Crippen LogP contribution in [0.15, 0.2) is 28.8 Å². The lowest BCUT2D eigenvalue weighted by molar-refractivity contribution is 0.106. The molecule has 0 amide bonds. The molecule has 1 aromatic carbocycles. The number of aliphatic hydroxyl groups is 1. The Bertz CT molecular complexity index is 541. The molecular formula is C14H19N3O4. The van der Waals surface area contributed by atoms with Crippen molar-refractivity contribution in [1.29, 1.82) is 0 Å². The Morgan fingerprint density at radius 2 is 2.00 bits per heavy atom. The summed E-state index contributed by atoms with van der Waals surface area (Å²) in [5, 5.41) is 16.6. The number of hydrogen-bond donors (Lipinski definition) is 2. The van der Waals surface area contributed by atoms with Crippen LogP contribution in [0.3, 0.4) is 0 Å². The highest BCUT2D eigenvalue weighted by Crippen LogP contribution is 2.16. The fraction of sp³-hybridized carbons (Fsp3) is 0.429. The van der Waals surface area contributed by atoms with E-state index >= 15 is 0 Å². The van der Waals surface area contributed by atoms with E-state index in [-0.39, 0.29) is 6.61 Å². The number of aryl methyl sites for hydroxylation is 1. The highest BCUT2D eigenvalue weighted by molar-refractivity contribution is 5.31. The number of ether oxygens (including phenoxy) is 2. The van der Waals surface area contributed by atoms with Gasteiger partial charge >= 0.3 is 0 Å². The van der Waals surface area contributed by atoms with E-state index in [9.17, 15) is 5.11 Å². The topological polar surface area (TPSA) is 89.6 Å². The summed E-state index contributed by atoms with van der Waals surface area (Å²) in [5.74, 6) is 2.54. The lowest BCUT2D eigenvalue weighted by Gasteiger charge is -2.12. The molecule has 1 heterocycles. The Morgan fingerprint density at radius 1 is 1.29 bits per heavy atom. The van der Waals surface area contributed by atoms with Gasteiger partial charge in [-0.05, 0) is 24.3 Å². The Kier molecular flexibility index (Phi) is 5.53. The summed E-state index contributed by atoms with van der Waals surface area (Å²) in [7, 11) is 1.61. The maximum atomic E-state index is 9.82. The zero-order valence-corrected chi connectivity index (χ0v) is 12.1. The van der Waals surface area contributed by atoms with Crippen LogP contribution in [0.2, 0.25) is 0 Å². The second-order valence-corrected chi connectivity index (χ2v) is 4.50. The van der Waals surface area contributed by atoms with Gasteiger partial charge in [0.05, 0.1) is 13.7 Å². The number of nitrogens with one attached hydrogen (secondary N) is 1. The van der Waals surface area contributed by atoms with Crippen LogP contribution in [0.4, 0.5) is 0 Å². The average Bonchev–Trinajstić information content (AvgIpc) is 2.91. The standard InChI is InChI=1S/C14H19N3O4/c1-10-16-14(17-21-10)8-15-7-11(18)9-20-13-5-3-12(19-2)4-6-13/h3-6,11,15,18H,7-9H2,1-2H3. The Balaban J connectivity index is 1.65. The smallest absolute Gasteiger partial charge is 0.223 e. The quantitative estimate of drug-likeness (QED) is 0.748. The molecule has 114 valence electrons. The molecular weight excluding hydrogens is 274 g/mol. The van der Waals surface area contributed by atoms with Crippen molar-refractivity contribution in [2.45, 2.75) is 19.6 Å². The number of aromatic nitrogens is 2. The molecule has 0 aliphatic rings. The Morgan fingerprint density at radius 3 is 2.62 bits per heavy atom. The molecule has 7 heteroatoms. The summed E-state index contributed by atoms with van der Waals surface area (Å²) in [4.78, 5) is 4.05. The van der Waals surface area contributed by atoms with E-state index in [4.69, 9.17) is 14.0 Å². The molecule has 1 atom stereocenters. The van der Waals surface area contributed by atoms with Crippen LogP contribution in [-0.2, 0) is 6.54 Å². The van der Waals surface area contributed by atoms with Crippen molar-refractivity contribution < 1.29 is 19.1 Å². The first-order valence-corrected chi connectivity index (χ1v) is 6.62. The molecule has 1 unspecified atom stereocenters. The summed E-state index contributed by atoms with van der Waals surface area (Å²) in [6.07, 6.45) is -0.625. The van der Waals surface area contributed by atoms with Crippen LogP contribution in [0.25, 0.3) is 0 Å². The molecule has 0 radical (unpaired) electrons. The van der Waals surface area contributed by atoms with E-state index in [0.29, 0.717) is 30.6 Å². The molecule has 2 N–H and O–H groups in total. The SMILES string of the molecule is COc1ccc(OCC(O)CNCc2noc(C)n2)cc1. The molecule has 0 saturated carbocycles. The van der Waals surface area contributed by atoms with Gasteiger partial charge in [-0.3, -0.25) is 0 Å². The first kappa shape index (κ1) is 15.3. The minimum Gasteiger partial charge on any atom is -0.497 e. The maximum absolute atomic E-state index is 9.82. The fourth-order valence-electron chi connectivity index (χ4n) is 1.69. The molecule has 0 spiro atoms. The van der Waals surface area contributed by atoms with Gasteiger partial charge in [-0.25, -0.2) is 0 Å². The Hall–Kier alpha value is -2.12. The molecule has 7 nitrogen and oxygen atoms in total. The summed E-state index contributed by atoms with van der Waals surface area (Å²) in [6, 6.07) is 7.19. The monoisotopic (exact) mass is 293 g/mol. The van der Waals surface area contributed by atoms with Gasteiger partial charge in [0.2, 0.25) is 5.89 Å². The molecule has 0 fully saturated rings. The minimum absolute atomic E-state index is 0.199. The average molecular weight is 293 g/mol. The van der Waals surface area contributed by atoms with Gasteiger partial charge < -0.3 is 24.4 Å². The Labute approximate surface area is 122 Å². The van der Waals surface area contributed by atoms with Crippen molar-refractivity contribution in [2.75, 3.05) is 20.3 Å². The zero-order valence-electron chi connectivity index (χ0n) is 12.1. The zero-order chi connectivity index (χ0) is 15.1. The van der Waals surface area contributed by atoms with Crippen molar-refractivity contribution in [3.8, 4) is 11.5 Å². The first-order valence-electron chi connectivity index (χ1n) is 6.62. The van der Waals surface area contributed by atoms with Gasteiger partial charge in [0.1, 0.15) is 24.2 Å². The number of rotatable bonds is 8. The van der Waals surface area contributed by atoms with Gasteiger partial charge in [-0.2, -0.15) is 4.98 Å². The first-order chi connectivity index (χ1) is 10.2.